The van der Waals surface area contributed by atoms with Gasteiger partial charge in [-0.1, -0.05) is 49.7 Å². The molecule has 0 saturated heterocycles. The summed E-state index contributed by atoms with van der Waals surface area (Å²) >= 11 is 3.26. The van der Waals surface area contributed by atoms with E-state index in [9.17, 15) is 4.39 Å². The van der Waals surface area contributed by atoms with Crippen molar-refractivity contribution in [1.82, 2.24) is 5.32 Å². The monoisotopic (exact) mass is 299 g/mol. The number of hydrogen-bond acceptors (Lipinski definition) is 1. The summed E-state index contributed by atoms with van der Waals surface area (Å²) in [5.74, 6) is -0.150. The van der Waals surface area contributed by atoms with Crippen LogP contribution in [0.2, 0.25) is 0 Å². The molecule has 1 aliphatic carbocycles. The van der Waals surface area contributed by atoms with Gasteiger partial charge in [0.2, 0.25) is 0 Å². The lowest BCUT2D eigenvalue weighted by Crippen LogP contribution is -2.22. The molecule has 0 atom stereocenters. The number of rotatable bonds is 3. The van der Waals surface area contributed by atoms with Crippen LogP contribution in [0.3, 0.4) is 0 Å². The van der Waals surface area contributed by atoms with Gasteiger partial charge in [0, 0.05) is 22.6 Å². The Kier molecular flexibility index (Phi) is 3.11. The van der Waals surface area contributed by atoms with E-state index in [0.717, 1.165) is 10.0 Å². The van der Waals surface area contributed by atoms with Crippen molar-refractivity contribution in [3.63, 3.8) is 0 Å². The van der Waals surface area contributed by atoms with E-state index >= 15 is 0 Å². The molecule has 0 radical (unpaired) electrons. The first-order chi connectivity index (χ1) is 7.76. The molecule has 1 nitrogen and oxygen atoms in total. The summed E-state index contributed by atoms with van der Waals surface area (Å²) in [7, 11) is 0. The van der Waals surface area contributed by atoms with Gasteiger partial charge in [-0.05, 0) is 23.0 Å². The quantitative estimate of drug-likeness (QED) is 0.885. The van der Waals surface area contributed by atoms with Crippen LogP contribution in [-0.2, 0) is 6.54 Å². The molecule has 3 heteroatoms. The molecule has 0 unspecified atom stereocenters. The summed E-state index contributed by atoms with van der Waals surface area (Å²) < 4.78 is 14.4. The van der Waals surface area contributed by atoms with E-state index < -0.39 is 0 Å². The average molecular weight is 300 g/mol. The Morgan fingerprint density at radius 1 is 1.24 bits per heavy atom. The molecule has 0 amide bonds. The normalized spacial score (nSPS) is 21.5. The average Bonchev–Trinajstić information content (AvgIpc) is 2.58. The minimum Gasteiger partial charge on any atom is -0.309 e. The maximum absolute atomic E-state index is 13.6. The summed E-state index contributed by atoms with van der Waals surface area (Å²) in [6.07, 6.45) is 0. The molecule has 0 spiro atoms. The summed E-state index contributed by atoms with van der Waals surface area (Å²) in [6, 6.07) is 5.68. The molecule has 1 aromatic carbocycles. The van der Waals surface area contributed by atoms with Gasteiger partial charge in [0.25, 0.3) is 0 Å². The molecule has 1 saturated carbocycles. The van der Waals surface area contributed by atoms with Crippen molar-refractivity contribution in [2.45, 2.75) is 40.3 Å². The Hall–Kier alpha value is -0.410. The third kappa shape index (κ3) is 2.15. The van der Waals surface area contributed by atoms with Crippen LogP contribution in [0.1, 0.15) is 33.3 Å². The number of nitrogens with one attached hydrogen (secondary N) is 1. The van der Waals surface area contributed by atoms with E-state index in [2.05, 4.69) is 48.9 Å². The topological polar surface area (TPSA) is 12.0 Å². The Bertz CT molecular complexity index is 426. The van der Waals surface area contributed by atoms with Crippen molar-refractivity contribution >= 4 is 15.9 Å². The Morgan fingerprint density at radius 2 is 1.82 bits per heavy atom. The minimum absolute atomic E-state index is 0.150. The molecule has 94 valence electrons. The standard InChI is InChI=1S/C14H19BrFN/c1-13(2)12(14(13,3)4)17-8-9-5-6-10(15)7-11(9)16/h5-7,12,17H,8H2,1-4H3. The number of hydrogen-bond donors (Lipinski definition) is 1. The first kappa shape index (κ1) is 13.0. The highest BCUT2D eigenvalue weighted by atomic mass is 79.9. The molecule has 0 aliphatic heterocycles. The van der Waals surface area contributed by atoms with Crippen molar-refractivity contribution in [2.24, 2.45) is 10.8 Å². The number of halogens is 2. The smallest absolute Gasteiger partial charge is 0.128 e. The molecule has 1 fully saturated rings. The van der Waals surface area contributed by atoms with Gasteiger partial charge in [-0.25, -0.2) is 4.39 Å². The first-order valence-corrected chi connectivity index (χ1v) is 6.73. The Labute approximate surface area is 111 Å². The summed E-state index contributed by atoms with van der Waals surface area (Å²) in [4.78, 5) is 0. The van der Waals surface area contributed by atoms with Gasteiger partial charge in [-0.3, -0.25) is 0 Å². The second-order valence-electron chi connectivity index (χ2n) is 5.99. The van der Waals surface area contributed by atoms with Crippen LogP contribution in [0.15, 0.2) is 22.7 Å². The van der Waals surface area contributed by atoms with Gasteiger partial charge < -0.3 is 5.32 Å². The summed E-state index contributed by atoms with van der Waals surface area (Å²) in [6.45, 7) is 9.60. The van der Waals surface area contributed by atoms with Gasteiger partial charge in [-0.2, -0.15) is 0 Å². The minimum atomic E-state index is -0.150. The third-order valence-electron chi connectivity index (χ3n) is 4.53. The Morgan fingerprint density at radius 3 is 2.29 bits per heavy atom. The van der Waals surface area contributed by atoms with Crippen molar-refractivity contribution in [3.05, 3.63) is 34.1 Å². The second kappa shape index (κ2) is 4.06. The van der Waals surface area contributed by atoms with E-state index in [0.29, 0.717) is 23.4 Å². The van der Waals surface area contributed by atoms with E-state index in [-0.39, 0.29) is 5.82 Å². The number of benzene rings is 1. The molecule has 1 aliphatic rings. The van der Waals surface area contributed by atoms with Gasteiger partial charge in [0.1, 0.15) is 5.82 Å². The maximum atomic E-state index is 13.6. The fraction of sp³-hybridized carbons (Fsp3) is 0.571. The lowest BCUT2D eigenvalue weighted by Gasteiger charge is -2.08. The lowest BCUT2D eigenvalue weighted by atomic mass is 10.0. The fourth-order valence-electron chi connectivity index (χ4n) is 2.58. The lowest BCUT2D eigenvalue weighted by molar-refractivity contribution is 0.457. The molecule has 2 rings (SSSR count). The van der Waals surface area contributed by atoms with Crippen LogP contribution in [0.4, 0.5) is 4.39 Å². The third-order valence-corrected chi connectivity index (χ3v) is 5.03. The summed E-state index contributed by atoms with van der Waals surface area (Å²) in [5, 5.41) is 3.46. The van der Waals surface area contributed by atoms with Crippen molar-refractivity contribution in [1.29, 1.82) is 0 Å². The van der Waals surface area contributed by atoms with Gasteiger partial charge in [0.15, 0.2) is 0 Å². The molecule has 0 aromatic heterocycles. The molecule has 0 heterocycles. The van der Waals surface area contributed by atoms with Crippen molar-refractivity contribution in [2.75, 3.05) is 0 Å². The summed E-state index contributed by atoms with van der Waals surface area (Å²) in [5.41, 5.74) is 1.31. The van der Waals surface area contributed by atoms with Crippen molar-refractivity contribution < 1.29 is 4.39 Å². The van der Waals surface area contributed by atoms with E-state index in [4.69, 9.17) is 0 Å². The van der Waals surface area contributed by atoms with Crippen LogP contribution in [0.25, 0.3) is 0 Å². The largest absolute Gasteiger partial charge is 0.309 e. The predicted molar refractivity (Wildman–Crippen MR) is 72.3 cm³/mol. The van der Waals surface area contributed by atoms with Crippen LogP contribution in [0.5, 0.6) is 0 Å². The van der Waals surface area contributed by atoms with Gasteiger partial charge in [-0.15, -0.1) is 0 Å². The molecular formula is C14H19BrFN. The Balaban J connectivity index is 2.00. The molecule has 1 N–H and O–H groups in total. The molecule has 17 heavy (non-hydrogen) atoms. The highest BCUT2D eigenvalue weighted by molar-refractivity contribution is 9.10. The van der Waals surface area contributed by atoms with Crippen molar-refractivity contribution in [3.8, 4) is 0 Å². The molecule has 1 aromatic rings. The van der Waals surface area contributed by atoms with Crippen LogP contribution in [-0.4, -0.2) is 6.04 Å². The highest BCUT2D eigenvalue weighted by Crippen LogP contribution is 2.62. The van der Waals surface area contributed by atoms with Crippen LogP contribution >= 0.6 is 15.9 Å². The zero-order chi connectivity index (χ0) is 12.8. The van der Waals surface area contributed by atoms with E-state index in [1.54, 1.807) is 0 Å². The van der Waals surface area contributed by atoms with Gasteiger partial charge >= 0.3 is 0 Å². The maximum Gasteiger partial charge on any atom is 0.128 e. The fourth-order valence-corrected chi connectivity index (χ4v) is 2.92. The van der Waals surface area contributed by atoms with Gasteiger partial charge in [0.05, 0.1) is 0 Å². The zero-order valence-electron chi connectivity index (χ0n) is 10.8. The van der Waals surface area contributed by atoms with E-state index in [1.807, 2.05) is 12.1 Å². The second-order valence-corrected chi connectivity index (χ2v) is 6.91. The predicted octanol–water partition coefficient (Wildman–Crippen LogP) is 4.11. The zero-order valence-corrected chi connectivity index (χ0v) is 12.4. The SMILES string of the molecule is CC1(C)C(NCc2ccc(Br)cc2F)C1(C)C. The van der Waals surface area contributed by atoms with E-state index in [1.165, 1.54) is 6.07 Å². The molecular weight excluding hydrogens is 281 g/mol. The van der Waals surface area contributed by atoms with Crippen LogP contribution in [0, 0.1) is 16.6 Å². The first-order valence-electron chi connectivity index (χ1n) is 5.94. The highest BCUT2D eigenvalue weighted by Gasteiger charge is 2.64. The van der Waals surface area contributed by atoms with Crippen LogP contribution < -0.4 is 5.32 Å². The molecule has 0 bridgehead atoms.